The average Bonchev–Trinajstić information content (AvgIpc) is 2.54. The molecule has 136 valence electrons. The van der Waals surface area contributed by atoms with Gasteiger partial charge in [-0.15, -0.1) is 0 Å². The molecule has 0 bridgehead atoms. The van der Waals surface area contributed by atoms with E-state index in [-0.39, 0.29) is 18.4 Å². The van der Waals surface area contributed by atoms with Crippen LogP contribution >= 0.6 is 0 Å². The summed E-state index contributed by atoms with van der Waals surface area (Å²) >= 11 is 0. The fourth-order valence-corrected chi connectivity index (χ4v) is 3.39. The van der Waals surface area contributed by atoms with E-state index in [2.05, 4.69) is 0 Å². The summed E-state index contributed by atoms with van der Waals surface area (Å²) in [7, 11) is 0. The number of nitro benzene ring substituents is 1. The number of aliphatic carboxylic acids is 2. The van der Waals surface area contributed by atoms with E-state index in [4.69, 9.17) is 0 Å². The zero-order chi connectivity index (χ0) is 19.4. The summed E-state index contributed by atoms with van der Waals surface area (Å²) in [5, 5.41) is 33.0. The maximum atomic E-state index is 12.1. The lowest BCUT2D eigenvalue weighted by Gasteiger charge is -2.44. The molecule has 0 aromatic heterocycles. The molecule has 0 saturated carbocycles. The van der Waals surface area contributed by atoms with E-state index in [0.717, 1.165) is 6.92 Å². The molecule has 0 aliphatic carbocycles. The molecule has 0 spiro atoms. The Labute approximate surface area is 143 Å². The Kier molecular flexibility index (Phi) is 5.85. The van der Waals surface area contributed by atoms with E-state index in [9.17, 15) is 34.7 Å². The highest BCUT2D eigenvalue weighted by Crippen LogP contribution is 2.46. The van der Waals surface area contributed by atoms with Crippen LogP contribution in [0.15, 0.2) is 24.3 Å². The summed E-state index contributed by atoms with van der Waals surface area (Å²) in [5.41, 5.74) is -4.94. The zero-order valence-corrected chi connectivity index (χ0v) is 14.1. The number of benzene rings is 1. The fraction of sp³-hybridized carbons (Fsp3) is 0.438. The van der Waals surface area contributed by atoms with E-state index < -0.39 is 39.4 Å². The van der Waals surface area contributed by atoms with Crippen LogP contribution in [0.1, 0.15) is 39.2 Å². The molecule has 0 heterocycles. The first-order valence-electron chi connectivity index (χ1n) is 7.60. The van der Waals surface area contributed by atoms with Crippen LogP contribution in [-0.2, 0) is 19.8 Å². The predicted octanol–water partition coefficient (Wildman–Crippen LogP) is 1.70. The van der Waals surface area contributed by atoms with Crippen LogP contribution in [-0.4, -0.2) is 38.5 Å². The second-order valence-electron chi connectivity index (χ2n) is 5.60. The van der Waals surface area contributed by atoms with E-state index in [1.54, 1.807) is 0 Å². The van der Waals surface area contributed by atoms with Gasteiger partial charge < -0.3 is 15.5 Å². The molecule has 1 aromatic carbocycles. The summed E-state index contributed by atoms with van der Waals surface area (Å²) < 4.78 is 0. The number of carbonyl (C=O) groups is 3. The van der Waals surface area contributed by atoms with Crippen LogP contribution in [0.2, 0.25) is 0 Å². The summed E-state index contributed by atoms with van der Waals surface area (Å²) in [5.74, 6) is -4.45. The highest BCUT2D eigenvalue weighted by molar-refractivity contribution is 6.08. The Morgan fingerprint density at radius 2 is 1.60 bits per heavy atom. The van der Waals surface area contributed by atoms with Crippen LogP contribution in [0, 0.1) is 10.1 Å². The molecule has 0 aliphatic heterocycles. The number of para-hydroxylation sites is 1. The van der Waals surface area contributed by atoms with Gasteiger partial charge in [0.15, 0.2) is 0 Å². The molecule has 1 aromatic rings. The van der Waals surface area contributed by atoms with Crippen molar-refractivity contribution in [1.82, 2.24) is 5.32 Å². The predicted molar refractivity (Wildman–Crippen MR) is 87.2 cm³/mol. The molecule has 9 nitrogen and oxygen atoms in total. The maximum Gasteiger partial charge on any atom is 0.342 e. The van der Waals surface area contributed by atoms with Gasteiger partial charge in [-0.25, -0.2) is 9.59 Å². The van der Waals surface area contributed by atoms with Gasteiger partial charge in [0.05, 0.1) is 4.92 Å². The number of carboxylic acid groups (broad SMARTS) is 2. The number of nitrogens with one attached hydrogen (secondary N) is 1. The Balaban J connectivity index is 3.98. The quantitative estimate of drug-likeness (QED) is 0.366. The normalized spacial score (nSPS) is 11.6. The third-order valence-corrected chi connectivity index (χ3v) is 4.55. The van der Waals surface area contributed by atoms with Crippen LogP contribution in [0.5, 0.6) is 0 Å². The van der Waals surface area contributed by atoms with Gasteiger partial charge in [-0.3, -0.25) is 14.9 Å². The molecule has 25 heavy (non-hydrogen) atoms. The third-order valence-electron chi connectivity index (χ3n) is 4.55. The molecule has 0 fully saturated rings. The minimum absolute atomic E-state index is 0.0523. The number of nitro groups is 1. The molecule has 1 amide bonds. The highest BCUT2D eigenvalue weighted by atomic mass is 16.6. The van der Waals surface area contributed by atoms with Crippen LogP contribution in [0.25, 0.3) is 0 Å². The molecular formula is C16H20N2O7. The van der Waals surface area contributed by atoms with Crippen LogP contribution in [0.4, 0.5) is 5.69 Å². The van der Waals surface area contributed by atoms with E-state index in [1.807, 2.05) is 5.32 Å². The third kappa shape index (κ3) is 3.04. The lowest BCUT2D eigenvalue weighted by Crippen LogP contribution is -2.71. The van der Waals surface area contributed by atoms with E-state index in [0.29, 0.717) is 0 Å². The van der Waals surface area contributed by atoms with Crippen molar-refractivity contribution in [3.63, 3.8) is 0 Å². The van der Waals surface area contributed by atoms with Gasteiger partial charge >= 0.3 is 11.9 Å². The standard InChI is InChI=1S/C16H20N2O7/c1-4-15(5-2,11-8-6-7-9-12(11)18(24)25)16(13(20)21,14(22)23)17-10(3)19/h6-9H,4-5H2,1-3H3,(H,17,19)(H,20,21)(H,22,23). The van der Waals surface area contributed by atoms with Crippen molar-refractivity contribution in [1.29, 1.82) is 0 Å². The lowest BCUT2D eigenvalue weighted by molar-refractivity contribution is -0.386. The molecule has 3 N–H and O–H groups in total. The Hall–Kier alpha value is -2.97. The molecule has 9 heteroatoms. The van der Waals surface area contributed by atoms with Crippen molar-refractivity contribution < 1.29 is 29.5 Å². The first-order valence-corrected chi connectivity index (χ1v) is 7.60. The number of hydrogen-bond donors (Lipinski definition) is 3. The van der Waals surface area contributed by atoms with E-state index >= 15 is 0 Å². The van der Waals surface area contributed by atoms with Gasteiger partial charge in [0.25, 0.3) is 5.69 Å². The summed E-state index contributed by atoms with van der Waals surface area (Å²) in [6.07, 6.45) is -0.125. The number of nitrogens with zero attached hydrogens (tertiary/aromatic N) is 1. The lowest BCUT2D eigenvalue weighted by atomic mass is 9.61. The number of rotatable bonds is 8. The van der Waals surface area contributed by atoms with Gasteiger partial charge in [0.2, 0.25) is 11.4 Å². The topological polar surface area (TPSA) is 147 Å². The Bertz CT molecular complexity index is 696. The van der Waals surface area contributed by atoms with Crippen molar-refractivity contribution in [3.8, 4) is 0 Å². The highest BCUT2D eigenvalue weighted by Gasteiger charge is 2.64. The summed E-state index contributed by atoms with van der Waals surface area (Å²) in [6, 6.07) is 5.37. The number of amides is 1. The van der Waals surface area contributed by atoms with Crippen LogP contribution < -0.4 is 5.32 Å². The zero-order valence-electron chi connectivity index (χ0n) is 14.1. The minimum Gasteiger partial charge on any atom is -0.479 e. The summed E-state index contributed by atoms with van der Waals surface area (Å²) in [6.45, 7) is 4.06. The molecule has 0 saturated heterocycles. The van der Waals surface area contributed by atoms with Gasteiger partial charge in [0, 0.05) is 24.0 Å². The molecule has 0 aliphatic rings. The second-order valence-corrected chi connectivity index (χ2v) is 5.60. The maximum absolute atomic E-state index is 12.1. The Morgan fingerprint density at radius 1 is 1.12 bits per heavy atom. The Morgan fingerprint density at radius 3 is 1.96 bits per heavy atom. The van der Waals surface area contributed by atoms with Crippen molar-refractivity contribution in [2.75, 3.05) is 0 Å². The fourth-order valence-electron chi connectivity index (χ4n) is 3.39. The van der Waals surface area contributed by atoms with E-state index in [1.165, 1.54) is 38.1 Å². The average molecular weight is 352 g/mol. The van der Waals surface area contributed by atoms with Crippen LogP contribution in [0.3, 0.4) is 0 Å². The van der Waals surface area contributed by atoms with Gasteiger partial charge in [-0.05, 0) is 12.8 Å². The minimum atomic E-state index is -2.76. The number of hydrogen-bond acceptors (Lipinski definition) is 5. The van der Waals surface area contributed by atoms with Gasteiger partial charge in [-0.2, -0.15) is 0 Å². The first kappa shape index (κ1) is 20.1. The van der Waals surface area contributed by atoms with Crippen molar-refractivity contribution in [2.24, 2.45) is 0 Å². The van der Waals surface area contributed by atoms with Crippen molar-refractivity contribution >= 4 is 23.5 Å². The molecule has 0 radical (unpaired) electrons. The monoisotopic (exact) mass is 352 g/mol. The van der Waals surface area contributed by atoms with Gasteiger partial charge in [-0.1, -0.05) is 32.0 Å². The molecule has 0 unspecified atom stereocenters. The number of carbonyl (C=O) groups excluding carboxylic acids is 1. The largest absolute Gasteiger partial charge is 0.479 e. The van der Waals surface area contributed by atoms with Crippen molar-refractivity contribution in [2.45, 2.75) is 44.6 Å². The second kappa shape index (κ2) is 7.29. The molecular weight excluding hydrogens is 332 g/mol. The SMILES string of the molecule is CCC(CC)(c1ccccc1[N+](=O)[O-])C(NC(C)=O)(C(=O)O)C(=O)O. The number of carboxylic acids is 2. The smallest absolute Gasteiger partial charge is 0.342 e. The summed E-state index contributed by atoms with van der Waals surface area (Å²) in [4.78, 5) is 46.4. The molecule has 0 atom stereocenters. The van der Waals surface area contributed by atoms with Crippen molar-refractivity contribution in [3.05, 3.63) is 39.9 Å². The van der Waals surface area contributed by atoms with Gasteiger partial charge in [0.1, 0.15) is 0 Å². The molecule has 1 rings (SSSR count). The first-order chi connectivity index (χ1) is 11.6.